The first-order chi connectivity index (χ1) is 8.24. The van der Waals surface area contributed by atoms with Crippen LogP contribution >= 0.6 is 0 Å². The zero-order chi connectivity index (χ0) is 12.7. The highest BCUT2D eigenvalue weighted by Crippen LogP contribution is 2.33. The highest BCUT2D eigenvalue weighted by Gasteiger charge is 2.41. The molecule has 1 aliphatic rings. The molecule has 1 atom stereocenters. The van der Waals surface area contributed by atoms with Crippen LogP contribution in [0.25, 0.3) is 0 Å². The van der Waals surface area contributed by atoms with Crippen molar-refractivity contribution in [3.63, 3.8) is 0 Å². The van der Waals surface area contributed by atoms with Gasteiger partial charge in [0.1, 0.15) is 0 Å². The summed E-state index contributed by atoms with van der Waals surface area (Å²) < 4.78 is 11.5. The fraction of sp³-hybridized carbons (Fsp3) is 1.00. The van der Waals surface area contributed by atoms with Crippen LogP contribution in [0.5, 0.6) is 0 Å². The third-order valence-corrected chi connectivity index (χ3v) is 4.11. The Kier molecular flexibility index (Phi) is 6.41. The van der Waals surface area contributed by atoms with Crippen LogP contribution in [0.15, 0.2) is 0 Å². The SMILES string of the molecule is CCOC(CC)(CC)C(NN)C1CCOCC1. The number of hydrogen-bond donors (Lipinski definition) is 2. The van der Waals surface area contributed by atoms with Gasteiger partial charge in [0.25, 0.3) is 0 Å². The van der Waals surface area contributed by atoms with Crippen molar-refractivity contribution in [2.24, 2.45) is 11.8 Å². The summed E-state index contributed by atoms with van der Waals surface area (Å²) in [6.07, 6.45) is 4.13. The Morgan fingerprint density at radius 2 is 1.88 bits per heavy atom. The minimum Gasteiger partial charge on any atom is -0.381 e. The lowest BCUT2D eigenvalue weighted by Crippen LogP contribution is -2.58. The third kappa shape index (κ3) is 3.41. The quantitative estimate of drug-likeness (QED) is 0.530. The van der Waals surface area contributed by atoms with Crippen LogP contribution in [-0.2, 0) is 9.47 Å². The molecule has 1 fully saturated rings. The van der Waals surface area contributed by atoms with E-state index < -0.39 is 0 Å². The van der Waals surface area contributed by atoms with Gasteiger partial charge in [0.2, 0.25) is 0 Å². The Bertz CT molecular complexity index is 202. The van der Waals surface area contributed by atoms with Gasteiger partial charge in [-0.2, -0.15) is 0 Å². The number of nitrogens with one attached hydrogen (secondary N) is 1. The highest BCUT2D eigenvalue weighted by molar-refractivity contribution is 4.95. The second kappa shape index (κ2) is 7.31. The summed E-state index contributed by atoms with van der Waals surface area (Å²) in [6, 6.07) is 0.223. The molecular weight excluding hydrogens is 216 g/mol. The lowest BCUT2D eigenvalue weighted by Gasteiger charge is -2.44. The molecule has 3 N–H and O–H groups in total. The van der Waals surface area contributed by atoms with Gasteiger partial charge in [-0.3, -0.25) is 11.3 Å². The molecule has 0 radical (unpaired) electrons. The van der Waals surface area contributed by atoms with Crippen LogP contribution < -0.4 is 11.3 Å². The molecule has 0 aromatic carbocycles. The fourth-order valence-electron chi connectivity index (χ4n) is 3.04. The molecule has 0 amide bonds. The first-order valence-corrected chi connectivity index (χ1v) is 6.91. The standard InChI is InChI=1S/C13H28N2O2/c1-4-13(5-2,17-6-3)12(15-14)11-7-9-16-10-8-11/h11-12,15H,4-10,14H2,1-3H3. The Hall–Kier alpha value is -0.160. The maximum absolute atomic E-state index is 6.05. The van der Waals surface area contributed by atoms with E-state index in [1.54, 1.807) is 0 Å². The van der Waals surface area contributed by atoms with E-state index in [0.717, 1.165) is 45.5 Å². The predicted molar refractivity (Wildman–Crippen MR) is 69.6 cm³/mol. The Balaban J connectivity index is 2.78. The van der Waals surface area contributed by atoms with Gasteiger partial charge in [-0.15, -0.1) is 0 Å². The van der Waals surface area contributed by atoms with Gasteiger partial charge in [-0.25, -0.2) is 0 Å². The molecule has 0 saturated carbocycles. The number of rotatable bonds is 7. The minimum absolute atomic E-state index is 0.133. The minimum atomic E-state index is -0.133. The molecule has 1 rings (SSSR count). The second-order valence-electron chi connectivity index (χ2n) is 4.80. The molecule has 0 spiro atoms. The average Bonchev–Trinajstić information content (AvgIpc) is 2.39. The van der Waals surface area contributed by atoms with Crippen LogP contribution in [0.4, 0.5) is 0 Å². The molecule has 1 unspecified atom stereocenters. The van der Waals surface area contributed by atoms with Crippen molar-refractivity contribution in [3.8, 4) is 0 Å². The zero-order valence-electron chi connectivity index (χ0n) is 11.5. The maximum atomic E-state index is 6.05. The first kappa shape index (κ1) is 14.9. The highest BCUT2D eigenvalue weighted by atomic mass is 16.5. The molecule has 1 heterocycles. The molecule has 102 valence electrons. The van der Waals surface area contributed by atoms with E-state index in [2.05, 4.69) is 26.2 Å². The maximum Gasteiger partial charge on any atom is 0.0845 e. The number of hydrogen-bond acceptors (Lipinski definition) is 4. The fourth-order valence-corrected chi connectivity index (χ4v) is 3.04. The first-order valence-electron chi connectivity index (χ1n) is 6.91. The largest absolute Gasteiger partial charge is 0.381 e. The van der Waals surface area contributed by atoms with Crippen molar-refractivity contribution in [2.45, 2.75) is 58.1 Å². The molecule has 1 saturated heterocycles. The zero-order valence-corrected chi connectivity index (χ0v) is 11.5. The van der Waals surface area contributed by atoms with E-state index in [0.29, 0.717) is 5.92 Å². The van der Waals surface area contributed by atoms with Gasteiger partial charge >= 0.3 is 0 Å². The van der Waals surface area contributed by atoms with Crippen molar-refractivity contribution in [3.05, 3.63) is 0 Å². The van der Waals surface area contributed by atoms with E-state index in [1.807, 2.05) is 0 Å². The Morgan fingerprint density at radius 1 is 1.29 bits per heavy atom. The lowest BCUT2D eigenvalue weighted by molar-refractivity contribution is -0.0964. The number of hydrazine groups is 1. The molecule has 4 nitrogen and oxygen atoms in total. The molecule has 0 aromatic heterocycles. The van der Waals surface area contributed by atoms with Gasteiger partial charge in [0, 0.05) is 19.8 Å². The lowest BCUT2D eigenvalue weighted by atomic mass is 9.77. The van der Waals surface area contributed by atoms with Gasteiger partial charge in [-0.05, 0) is 38.5 Å². The van der Waals surface area contributed by atoms with Crippen LogP contribution in [0, 0.1) is 5.92 Å². The average molecular weight is 244 g/mol. The van der Waals surface area contributed by atoms with Crippen molar-refractivity contribution in [1.82, 2.24) is 5.43 Å². The van der Waals surface area contributed by atoms with Gasteiger partial charge in [0.05, 0.1) is 11.6 Å². The van der Waals surface area contributed by atoms with E-state index in [1.165, 1.54) is 0 Å². The number of nitrogens with two attached hydrogens (primary N) is 1. The third-order valence-electron chi connectivity index (χ3n) is 4.11. The summed E-state index contributed by atoms with van der Waals surface area (Å²) in [6.45, 7) is 8.85. The smallest absolute Gasteiger partial charge is 0.0845 e. The van der Waals surface area contributed by atoms with Crippen LogP contribution in [-0.4, -0.2) is 31.5 Å². The summed E-state index contributed by atoms with van der Waals surface area (Å²) in [4.78, 5) is 0. The van der Waals surface area contributed by atoms with Crippen molar-refractivity contribution >= 4 is 0 Å². The van der Waals surface area contributed by atoms with E-state index >= 15 is 0 Å². The van der Waals surface area contributed by atoms with Gasteiger partial charge in [-0.1, -0.05) is 13.8 Å². The topological polar surface area (TPSA) is 56.5 Å². The molecule has 0 aliphatic carbocycles. The van der Waals surface area contributed by atoms with Crippen molar-refractivity contribution in [1.29, 1.82) is 0 Å². The number of ether oxygens (including phenoxy) is 2. The summed E-state index contributed by atoms with van der Waals surface area (Å²) in [7, 11) is 0. The molecule has 1 aliphatic heterocycles. The van der Waals surface area contributed by atoms with Crippen molar-refractivity contribution in [2.75, 3.05) is 19.8 Å². The molecule has 17 heavy (non-hydrogen) atoms. The van der Waals surface area contributed by atoms with Gasteiger partial charge in [0.15, 0.2) is 0 Å². The molecule has 0 aromatic rings. The van der Waals surface area contributed by atoms with Crippen LogP contribution in [0.1, 0.15) is 46.5 Å². The molecule has 0 bridgehead atoms. The summed E-state index contributed by atoms with van der Waals surface area (Å²) in [5.41, 5.74) is 2.89. The summed E-state index contributed by atoms with van der Waals surface area (Å²) in [5.74, 6) is 6.36. The van der Waals surface area contributed by atoms with Crippen molar-refractivity contribution < 1.29 is 9.47 Å². The molecule has 4 heteroatoms. The van der Waals surface area contributed by atoms with E-state index in [-0.39, 0.29) is 11.6 Å². The summed E-state index contributed by atoms with van der Waals surface area (Å²) >= 11 is 0. The summed E-state index contributed by atoms with van der Waals surface area (Å²) in [5, 5.41) is 0. The van der Waals surface area contributed by atoms with Crippen LogP contribution in [0.3, 0.4) is 0 Å². The molecular formula is C13H28N2O2. The Morgan fingerprint density at radius 3 is 2.29 bits per heavy atom. The van der Waals surface area contributed by atoms with Crippen LogP contribution in [0.2, 0.25) is 0 Å². The monoisotopic (exact) mass is 244 g/mol. The van der Waals surface area contributed by atoms with E-state index in [9.17, 15) is 0 Å². The predicted octanol–water partition coefficient (Wildman–Crippen LogP) is 1.84. The normalized spacial score (nSPS) is 20.5. The Labute approximate surface area is 105 Å². The van der Waals surface area contributed by atoms with E-state index in [4.69, 9.17) is 15.3 Å². The second-order valence-corrected chi connectivity index (χ2v) is 4.80. The van der Waals surface area contributed by atoms with Gasteiger partial charge < -0.3 is 9.47 Å².